The number of nitrogens with one attached hydrogen (secondary N) is 1. The number of hydrogen-bond donors (Lipinski definition) is 2. The largest absolute Gasteiger partial charge is 0.497 e. The van der Waals surface area contributed by atoms with Crippen molar-refractivity contribution < 1.29 is 9.84 Å². The van der Waals surface area contributed by atoms with Gasteiger partial charge in [-0.1, -0.05) is 13.0 Å². The number of hydrogen-bond acceptors (Lipinski definition) is 3. The van der Waals surface area contributed by atoms with E-state index < -0.39 is 0 Å². The predicted molar refractivity (Wildman–Crippen MR) is 65.8 cm³/mol. The topological polar surface area (TPSA) is 41.5 Å². The van der Waals surface area contributed by atoms with Crippen LogP contribution in [0.4, 0.5) is 0 Å². The first kappa shape index (κ1) is 13.0. The summed E-state index contributed by atoms with van der Waals surface area (Å²) in [7, 11) is 1.68. The van der Waals surface area contributed by atoms with E-state index in [1.165, 1.54) is 11.1 Å². The van der Waals surface area contributed by atoms with E-state index in [4.69, 9.17) is 9.84 Å². The first-order valence-corrected chi connectivity index (χ1v) is 5.72. The summed E-state index contributed by atoms with van der Waals surface area (Å²) in [4.78, 5) is 0. The zero-order chi connectivity index (χ0) is 12.0. The highest BCUT2D eigenvalue weighted by Gasteiger charge is 2.03. The van der Waals surface area contributed by atoms with Gasteiger partial charge in [0.1, 0.15) is 5.75 Å². The van der Waals surface area contributed by atoms with E-state index >= 15 is 0 Å². The number of benzene rings is 1. The van der Waals surface area contributed by atoms with Gasteiger partial charge in [0.15, 0.2) is 0 Å². The van der Waals surface area contributed by atoms with Gasteiger partial charge in [-0.2, -0.15) is 0 Å². The number of ether oxygens (including phenoxy) is 1. The van der Waals surface area contributed by atoms with Crippen molar-refractivity contribution in [2.45, 2.75) is 32.9 Å². The summed E-state index contributed by atoms with van der Waals surface area (Å²) in [5.74, 6) is 0.899. The Bertz CT molecular complexity index is 324. The molecule has 0 bridgehead atoms. The first-order chi connectivity index (χ1) is 7.67. The van der Waals surface area contributed by atoms with Gasteiger partial charge in [0.05, 0.1) is 13.2 Å². The third-order valence-electron chi connectivity index (χ3n) is 2.55. The summed E-state index contributed by atoms with van der Waals surface area (Å²) >= 11 is 0. The fraction of sp³-hybridized carbons (Fsp3) is 0.538. The van der Waals surface area contributed by atoms with Crippen molar-refractivity contribution in [3.05, 3.63) is 29.3 Å². The van der Waals surface area contributed by atoms with Crippen LogP contribution in [0.1, 0.15) is 25.0 Å². The minimum Gasteiger partial charge on any atom is -0.497 e. The summed E-state index contributed by atoms with van der Waals surface area (Å²) in [5.41, 5.74) is 2.56. The van der Waals surface area contributed by atoms with Gasteiger partial charge in [0.25, 0.3) is 0 Å². The molecule has 0 aliphatic heterocycles. The molecule has 2 N–H and O–H groups in total. The van der Waals surface area contributed by atoms with Crippen molar-refractivity contribution in [3.63, 3.8) is 0 Å². The second-order valence-corrected chi connectivity index (χ2v) is 3.97. The fourth-order valence-corrected chi connectivity index (χ4v) is 1.65. The van der Waals surface area contributed by atoms with E-state index in [1.807, 2.05) is 6.07 Å². The maximum absolute atomic E-state index is 9.16. The second kappa shape index (κ2) is 6.51. The van der Waals surface area contributed by atoms with Crippen molar-refractivity contribution >= 4 is 0 Å². The molecule has 1 aromatic carbocycles. The van der Waals surface area contributed by atoms with Gasteiger partial charge in [-0.05, 0) is 36.6 Å². The highest BCUT2D eigenvalue weighted by atomic mass is 16.5. The van der Waals surface area contributed by atoms with Crippen LogP contribution >= 0.6 is 0 Å². The Kier molecular flexibility index (Phi) is 5.29. The normalized spacial score (nSPS) is 12.5. The first-order valence-electron chi connectivity index (χ1n) is 5.72. The molecule has 3 heteroatoms. The lowest BCUT2D eigenvalue weighted by Gasteiger charge is -2.12. The van der Waals surface area contributed by atoms with Gasteiger partial charge >= 0.3 is 0 Å². The average Bonchev–Trinajstić information content (AvgIpc) is 2.29. The Hall–Kier alpha value is -1.06. The Morgan fingerprint density at radius 2 is 2.12 bits per heavy atom. The zero-order valence-electron chi connectivity index (χ0n) is 10.3. The van der Waals surface area contributed by atoms with Gasteiger partial charge < -0.3 is 15.2 Å². The van der Waals surface area contributed by atoms with Crippen LogP contribution in [-0.4, -0.2) is 24.9 Å². The van der Waals surface area contributed by atoms with Crippen LogP contribution in [0, 0.1) is 0 Å². The highest BCUT2D eigenvalue weighted by molar-refractivity contribution is 5.35. The molecule has 0 spiro atoms. The molecule has 0 unspecified atom stereocenters. The Morgan fingerprint density at radius 3 is 2.69 bits per heavy atom. The SMILES string of the molecule is CCc1cc(OC)ccc1CNC[C@@H](C)O. The molecule has 0 fully saturated rings. The van der Waals surface area contributed by atoms with Crippen molar-refractivity contribution in [2.75, 3.05) is 13.7 Å². The molecule has 0 aliphatic carbocycles. The number of aryl methyl sites for hydroxylation is 1. The van der Waals surface area contributed by atoms with Crippen LogP contribution in [-0.2, 0) is 13.0 Å². The molecule has 90 valence electrons. The molecule has 0 aromatic heterocycles. The van der Waals surface area contributed by atoms with E-state index in [2.05, 4.69) is 24.4 Å². The molecule has 0 radical (unpaired) electrons. The number of methoxy groups -OCH3 is 1. The van der Waals surface area contributed by atoms with Crippen molar-refractivity contribution in [2.24, 2.45) is 0 Å². The third kappa shape index (κ3) is 3.83. The third-order valence-corrected chi connectivity index (χ3v) is 2.55. The quantitative estimate of drug-likeness (QED) is 0.771. The van der Waals surface area contributed by atoms with Crippen LogP contribution < -0.4 is 10.1 Å². The van der Waals surface area contributed by atoms with Gasteiger partial charge in [0, 0.05) is 13.1 Å². The molecule has 0 aliphatic rings. The van der Waals surface area contributed by atoms with Gasteiger partial charge in [-0.25, -0.2) is 0 Å². The lowest BCUT2D eigenvalue weighted by molar-refractivity contribution is 0.191. The minimum absolute atomic E-state index is 0.302. The van der Waals surface area contributed by atoms with E-state index in [-0.39, 0.29) is 6.10 Å². The lowest BCUT2D eigenvalue weighted by atomic mass is 10.0. The van der Waals surface area contributed by atoms with Crippen LogP contribution in [0.15, 0.2) is 18.2 Å². The van der Waals surface area contributed by atoms with E-state index in [0.717, 1.165) is 18.7 Å². The zero-order valence-corrected chi connectivity index (χ0v) is 10.3. The molecular formula is C13H21NO2. The summed E-state index contributed by atoms with van der Waals surface area (Å²) in [6.45, 7) is 5.32. The smallest absolute Gasteiger partial charge is 0.119 e. The average molecular weight is 223 g/mol. The Labute approximate surface area is 97.4 Å². The number of aliphatic hydroxyl groups is 1. The molecule has 1 aromatic rings. The molecule has 3 nitrogen and oxygen atoms in total. The van der Waals surface area contributed by atoms with Gasteiger partial charge in [-0.15, -0.1) is 0 Å². The maximum Gasteiger partial charge on any atom is 0.119 e. The van der Waals surface area contributed by atoms with E-state index in [0.29, 0.717) is 6.54 Å². The maximum atomic E-state index is 9.16. The Balaban J connectivity index is 2.64. The van der Waals surface area contributed by atoms with Crippen molar-refractivity contribution in [3.8, 4) is 5.75 Å². The monoisotopic (exact) mass is 223 g/mol. The summed E-state index contributed by atoms with van der Waals surface area (Å²) in [6.07, 6.45) is 0.687. The second-order valence-electron chi connectivity index (χ2n) is 3.97. The molecule has 0 saturated carbocycles. The molecule has 0 saturated heterocycles. The van der Waals surface area contributed by atoms with Crippen molar-refractivity contribution in [1.82, 2.24) is 5.32 Å². The lowest BCUT2D eigenvalue weighted by Crippen LogP contribution is -2.24. The fourth-order valence-electron chi connectivity index (χ4n) is 1.65. The standard InChI is InChI=1S/C13H21NO2/c1-4-11-7-13(16-3)6-5-12(11)9-14-8-10(2)15/h5-7,10,14-15H,4,8-9H2,1-3H3/t10-/m1/s1. The van der Waals surface area contributed by atoms with Crippen LogP contribution in [0.5, 0.6) is 5.75 Å². The summed E-state index contributed by atoms with van der Waals surface area (Å²) in [5, 5.41) is 12.4. The molecule has 16 heavy (non-hydrogen) atoms. The van der Waals surface area contributed by atoms with E-state index in [1.54, 1.807) is 14.0 Å². The van der Waals surface area contributed by atoms with Crippen LogP contribution in [0.25, 0.3) is 0 Å². The number of rotatable bonds is 6. The summed E-state index contributed by atoms with van der Waals surface area (Å²) in [6, 6.07) is 6.12. The Morgan fingerprint density at radius 1 is 1.38 bits per heavy atom. The number of aliphatic hydroxyl groups excluding tert-OH is 1. The molecular weight excluding hydrogens is 202 g/mol. The summed E-state index contributed by atoms with van der Waals surface area (Å²) < 4.78 is 5.19. The van der Waals surface area contributed by atoms with Gasteiger partial charge in [0.2, 0.25) is 0 Å². The van der Waals surface area contributed by atoms with Crippen LogP contribution in [0.3, 0.4) is 0 Å². The molecule has 0 heterocycles. The van der Waals surface area contributed by atoms with Crippen LogP contribution in [0.2, 0.25) is 0 Å². The molecule has 1 rings (SSSR count). The van der Waals surface area contributed by atoms with Crippen molar-refractivity contribution in [1.29, 1.82) is 0 Å². The molecule has 1 atom stereocenters. The molecule has 0 amide bonds. The minimum atomic E-state index is -0.302. The predicted octanol–water partition coefficient (Wildman–Crippen LogP) is 1.73. The van der Waals surface area contributed by atoms with Gasteiger partial charge in [-0.3, -0.25) is 0 Å². The van der Waals surface area contributed by atoms with E-state index in [9.17, 15) is 0 Å². The highest BCUT2D eigenvalue weighted by Crippen LogP contribution is 2.18.